The molecule has 0 N–H and O–H groups in total. The Bertz CT molecular complexity index is 1290. The average molecular weight is 502 g/mol. The van der Waals surface area contributed by atoms with Crippen LogP contribution in [0.15, 0.2) is 91.3 Å². The van der Waals surface area contributed by atoms with Gasteiger partial charge in [0.15, 0.2) is 0 Å². The predicted octanol–water partition coefficient (Wildman–Crippen LogP) is 5.44. The minimum absolute atomic E-state index is 0.201. The third-order valence-corrected chi connectivity index (χ3v) is 6.45. The molecule has 6 nitrogen and oxygen atoms in total. The number of halogens is 2. The highest BCUT2D eigenvalue weighted by Crippen LogP contribution is 2.23. The van der Waals surface area contributed by atoms with Crippen LogP contribution in [0.25, 0.3) is 0 Å². The summed E-state index contributed by atoms with van der Waals surface area (Å²) in [5.74, 6) is 1.34. The van der Waals surface area contributed by atoms with E-state index in [1.54, 1.807) is 47.5 Å². The maximum Gasteiger partial charge on any atom is 0.258 e. The number of nitrogens with zero attached hydrogens (tertiary/aromatic N) is 5. The van der Waals surface area contributed by atoms with Gasteiger partial charge in [0.25, 0.3) is 5.91 Å². The molecule has 1 aliphatic rings. The number of benzene rings is 2. The number of hydrogen-bond acceptors (Lipinski definition) is 5. The second kappa shape index (κ2) is 10.7. The number of aromatic nitrogens is 2. The number of carbonyl (C=O) groups excluding carboxylic acids is 1. The molecule has 1 aliphatic heterocycles. The molecule has 4 aromatic rings. The van der Waals surface area contributed by atoms with E-state index in [0.29, 0.717) is 22.8 Å². The van der Waals surface area contributed by atoms with Gasteiger partial charge in [0, 0.05) is 54.8 Å². The van der Waals surface area contributed by atoms with Crippen LogP contribution < -0.4 is 14.7 Å². The molecular formula is C28H25ClFN5O. The van der Waals surface area contributed by atoms with E-state index in [9.17, 15) is 9.18 Å². The molecule has 0 aliphatic carbocycles. The van der Waals surface area contributed by atoms with Gasteiger partial charge in [0.2, 0.25) is 0 Å². The highest BCUT2D eigenvalue weighted by atomic mass is 35.5. The van der Waals surface area contributed by atoms with Crippen molar-refractivity contribution in [2.45, 2.75) is 6.54 Å². The summed E-state index contributed by atoms with van der Waals surface area (Å²) < 4.78 is 13.5. The Kier molecular flexibility index (Phi) is 7.09. The normalized spacial score (nSPS) is 13.5. The number of amides is 1. The topological polar surface area (TPSA) is 52.6 Å². The SMILES string of the molecule is O=C(c1ccc(Cl)cc1)N(Cc1ccc(N2CCN(c3ccccn3)CC2)nc1)c1ccc(F)cc1. The second-order valence-electron chi connectivity index (χ2n) is 8.56. The molecule has 1 saturated heterocycles. The molecule has 2 aromatic carbocycles. The lowest BCUT2D eigenvalue weighted by Gasteiger charge is -2.36. The Morgan fingerprint density at radius 3 is 2.08 bits per heavy atom. The van der Waals surface area contributed by atoms with Gasteiger partial charge in [-0.2, -0.15) is 0 Å². The van der Waals surface area contributed by atoms with Crippen molar-refractivity contribution in [3.8, 4) is 0 Å². The predicted molar refractivity (Wildman–Crippen MR) is 141 cm³/mol. The maximum absolute atomic E-state index is 13.5. The van der Waals surface area contributed by atoms with Gasteiger partial charge in [-0.05, 0) is 72.3 Å². The molecule has 2 aromatic heterocycles. The number of anilines is 3. The fourth-order valence-corrected chi connectivity index (χ4v) is 4.36. The number of hydrogen-bond donors (Lipinski definition) is 0. The molecule has 1 fully saturated rings. The summed E-state index contributed by atoms with van der Waals surface area (Å²) in [6.45, 7) is 3.73. The van der Waals surface area contributed by atoms with Crippen molar-refractivity contribution in [2.24, 2.45) is 0 Å². The van der Waals surface area contributed by atoms with Crippen LogP contribution in [-0.2, 0) is 6.54 Å². The maximum atomic E-state index is 13.5. The molecule has 8 heteroatoms. The van der Waals surface area contributed by atoms with E-state index >= 15 is 0 Å². The summed E-state index contributed by atoms with van der Waals surface area (Å²) >= 11 is 5.99. The number of rotatable bonds is 6. The van der Waals surface area contributed by atoms with E-state index < -0.39 is 0 Å². The number of pyridine rings is 2. The van der Waals surface area contributed by atoms with Crippen LogP contribution in [-0.4, -0.2) is 42.1 Å². The molecule has 182 valence electrons. The molecular weight excluding hydrogens is 477 g/mol. The fraction of sp³-hybridized carbons (Fsp3) is 0.179. The Labute approximate surface area is 214 Å². The van der Waals surface area contributed by atoms with Crippen molar-refractivity contribution in [1.29, 1.82) is 0 Å². The van der Waals surface area contributed by atoms with E-state index in [4.69, 9.17) is 11.6 Å². The van der Waals surface area contributed by atoms with Gasteiger partial charge in [-0.1, -0.05) is 23.7 Å². The fourth-order valence-electron chi connectivity index (χ4n) is 4.23. The molecule has 0 bridgehead atoms. The van der Waals surface area contributed by atoms with Crippen LogP contribution in [0.5, 0.6) is 0 Å². The average Bonchev–Trinajstić information content (AvgIpc) is 2.93. The molecule has 0 saturated carbocycles. The zero-order chi connectivity index (χ0) is 24.9. The van der Waals surface area contributed by atoms with Crippen molar-refractivity contribution in [2.75, 3.05) is 40.9 Å². The monoisotopic (exact) mass is 501 g/mol. The summed E-state index contributed by atoms with van der Waals surface area (Å²) in [7, 11) is 0. The molecule has 0 unspecified atom stereocenters. The van der Waals surface area contributed by atoms with Crippen LogP contribution in [0, 0.1) is 5.82 Å². The van der Waals surface area contributed by atoms with E-state index in [1.165, 1.54) is 12.1 Å². The first-order valence-corrected chi connectivity index (χ1v) is 12.1. The zero-order valence-corrected chi connectivity index (χ0v) is 20.4. The van der Waals surface area contributed by atoms with Crippen molar-refractivity contribution < 1.29 is 9.18 Å². The smallest absolute Gasteiger partial charge is 0.258 e. The molecule has 3 heterocycles. The van der Waals surface area contributed by atoms with Crippen molar-refractivity contribution in [3.05, 3.63) is 113 Å². The molecule has 0 atom stereocenters. The van der Waals surface area contributed by atoms with Crippen molar-refractivity contribution >= 4 is 34.8 Å². The van der Waals surface area contributed by atoms with Gasteiger partial charge in [-0.15, -0.1) is 0 Å². The van der Waals surface area contributed by atoms with E-state index in [2.05, 4.69) is 19.8 Å². The number of carbonyl (C=O) groups is 1. The molecule has 1 amide bonds. The quantitative estimate of drug-likeness (QED) is 0.352. The van der Waals surface area contributed by atoms with Crippen LogP contribution in [0.2, 0.25) is 5.02 Å². The minimum atomic E-state index is -0.355. The van der Waals surface area contributed by atoms with Gasteiger partial charge in [-0.25, -0.2) is 14.4 Å². The Morgan fingerprint density at radius 2 is 1.50 bits per heavy atom. The highest BCUT2D eigenvalue weighted by Gasteiger charge is 2.21. The first-order chi connectivity index (χ1) is 17.6. The van der Waals surface area contributed by atoms with E-state index in [0.717, 1.165) is 43.4 Å². The van der Waals surface area contributed by atoms with E-state index in [-0.39, 0.29) is 11.7 Å². The van der Waals surface area contributed by atoms with Gasteiger partial charge >= 0.3 is 0 Å². The summed E-state index contributed by atoms with van der Waals surface area (Å²) in [5.41, 5.74) is 1.97. The van der Waals surface area contributed by atoms with Crippen LogP contribution in [0.3, 0.4) is 0 Å². The Morgan fingerprint density at radius 1 is 0.833 bits per heavy atom. The first-order valence-electron chi connectivity index (χ1n) is 11.8. The third-order valence-electron chi connectivity index (χ3n) is 6.20. The van der Waals surface area contributed by atoms with Gasteiger partial charge in [0.1, 0.15) is 17.5 Å². The van der Waals surface area contributed by atoms with Crippen LogP contribution >= 0.6 is 11.6 Å². The largest absolute Gasteiger partial charge is 0.353 e. The summed E-state index contributed by atoms with van der Waals surface area (Å²) in [5, 5.41) is 0.556. The van der Waals surface area contributed by atoms with Gasteiger partial charge in [-0.3, -0.25) is 4.79 Å². The summed E-state index contributed by atoms with van der Waals surface area (Å²) in [6.07, 6.45) is 3.61. The van der Waals surface area contributed by atoms with Crippen LogP contribution in [0.4, 0.5) is 21.7 Å². The van der Waals surface area contributed by atoms with Gasteiger partial charge < -0.3 is 14.7 Å². The lowest BCUT2D eigenvalue weighted by Crippen LogP contribution is -2.47. The first kappa shape index (κ1) is 23.8. The highest BCUT2D eigenvalue weighted by molar-refractivity contribution is 6.30. The molecule has 36 heavy (non-hydrogen) atoms. The van der Waals surface area contributed by atoms with Crippen molar-refractivity contribution in [1.82, 2.24) is 9.97 Å². The van der Waals surface area contributed by atoms with E-state index in [1.807, 2.05) is 36.5 Å². The lowest BCUT2D eigenvalue weighted by molar-refractivity contribution is 0.0985. The van der Waals surface area contributed by atoms with Crippen molar-refractivity contribution in [3.63, 3.8) is 0 Å². The summed E-state index contributed by atoms with van der Waals surface area (Å²) in [6, 6.07) is 22.6. The lowest BCUT2D eigenvalue weighted by atomic mass is 10.1. The second-order valence-corrected chi connectivity index (χ2v) is 9.00. The Hall–Kier alpha value is -3.97. The van der Waals surface area contributed by atoms with Crippen LogP contribution in [0.1, 0.15) is 15.9 Å². The molecule has 0 spiro atoms. The third kappa shape index (κ3) is 5.47. The zero-order valence-electron chi connectivity index (χ0n) is 19.6. The number of piperazine rings is 1. The Balaban J connectivity index is 1.30. The standard InChI is InChI=1S/C28H25ClFN5O/c29-23-7-5-22(6-8-23)28(36)35(25-11-9-24(30)10-12-25)20-21-4-13-27(32-19-21)34-17-15-33(16-18-34)26-3-1-2-14-31-26/h1-14,19H,15-18,20H2. The molecule has 5 rings (SSSR count). The minimum Gasteiger partial charge on any atom is -0.353 e. The van der Waals surface area contributed by atoms with Gasteiger partial charge in [0.05, 0.1) is 6.54 Å². The summed E-state index contributed by atoms with van der Waals surface area (Å²) in [4.78, 5) is 28.6. The molecule has 0 radical (unpaired) electrons.